The molecule has 1 heterocycles. The maximum absolute atomic E-state index is 12.3. The summed E-state index contributed by atoms with van der Waals surface area (Å²) in [5.41, 5.74) is 0.772. The summed E-state index contributed by atoms with van der Waals surface area (Å²) < 4.78 is 16.1. The first-order valence-electron chi connectivity index (χ1n) is 6.53. The van der Waals surface area contributed by atoms with Crippen LogP contribution in [0, 0.1) is 23.2 Å². The highest BCUT2D eigenvalue weighted by Gasteiger charge is 2.66. The van der Waals surface area contributed by atoms with E-state index in [2.05, 4.69) is 6.58 Å². The molecule has 5 atom stereocenters. The monoisotopic (exact) mass is 252 g/mol. The van der Waals surface area contributed by atoms with Crippen molar-refractivity contribution in [2.75, 3.05) is 20.8 Å². The number of fused-ring (bicyclic) bond motifs is 3. The third-order valence-corrected chi connectivity index (χ3v) is 5.13. The van der Waals surface area contributed by atoms with Crippen LogP contribution in [0.3, 0.4) is 0 Å². The number of hydrogen-bond acceptors (Lipinski definition) is 4. The van der Waals surface area contributed by atoms with Crippen LogP contribution < -0.4 is 0 Å². The van der Waals surface area contributed by atoms with Crippen LogP contribution in [0.25, 0.3) is 0 Å². The van der Waals surface area contributed by atoms with Gasteiger partial charge in [0.15, 0.2) is 6.29 Å². The minimum Gasteiger partial charge on any atom is -0.469 e. The quantitative estimate of drug-likeness (QED) is 0.555. The van der Waals surface area contributed by atoms with E-state index in [1.54, 1.807) is 7.11 Å². The summed E-state index contributed by atoms with van der Waals surface area (Å²) in [6.07, 6.45) is 2.52. The lowest BCUT2D eigenvalue weighted by atomic mass is 9.73. The summed E-state index contributed by atoms with van der Waals surface area (Å²) in [4.78, 5) is 12.3. The van der Waals surface area contributed by atoms with E-state index in [0.29, 0.717) is 18.4 Å². The Morgan fingerprint density at radius 1 is 1.50 bits per heavy atom. The number of allylic oxidation sites excluding steroid dienone is 1. The Hall–Kier alpha value is -0.870. The van der Waals surface area contributed by atoms with Gasteiger partial charge < -0.3 is 14.2 Å². The highest BCUT2D eigenvalue weighted by Crippen LogP contribution is 2.64. The number of hydrogen-bond donors (Lipinski definition) is 0. The molecule has 0 radical (unpaired) electrons. The fourth-order valence-corrected chi connectivity index (χ4v) is 4.48. The fraction of sp³-hybridized carbons (Fsp3) is 0.786. The van der Waals surface area contributed by atoms with Crippen molar-refractivity contribution in [2.24, 2.45) is 23.2 Å². The van der Waals surface area contributed by atoms with Gasteiger partial charge in [0, 0.05) is 18.9 Å². The zero-order chi connectivity index (χ0) is 12.9. The molecule has 0 aromatic heterocycles. The number of esters is 1. The van der Waals surface area contributed by atoms with Crippen LogP contribution in [0.15, 0.2) is 12.2 Å². The number of carbonyl (C=O) groups is 1. The molecule has 0 amide bonds. The van der Waals surface area contributed by atoms with E-state index in [4.69, 9.17) is 14.2 Å². The number of ether oxygens (including phenoxy) is 3. The molecule has 100 valence electrons. The zero-order valence-corrected chi connectivity index (χ0v) is 11.0. The van der Waals surface area contributed by atoms with E-state index in [1.807, 2.05) is 0 Å². The van der Waals surface area contributed by atoms with Crippen molar-refractivity contribution in [2.45, 2.75) is 25.6 Å². The zero-order valence-electron chi connectivity index (χ0n) is 11.0. The topological polar surface area (TPSA) is 44.8 Å². The standard InChI is InChI=1S/C14H20O4/c1-8-4-9-5-10-11(7-18-12(10)16-2)14(9,6-8)13(15)17-3/h9-12H,1,4-7H2,2-3H3/t9-,10+,11+,12+,14+/m1/s1. The Bertz CT molecular complexity index is 391. The Morgan fingerprint density at radius 2 is 2.28 bits per heavy atom. The molecule has 3 fully saturated rings. The van der Waals surface area contributed by atoms with Crippen LogP contribution in [-0.4, -0.2) is 33.1 Å². The Kier molecular flexibility index (Phi) is 2.75. The van der Waals surface area contributed by atoms with E-state index in [1.165, 1.54) is 12.7 Å². The van der Waals surface area contributed by atoms with E-state index >= 15 is 0 Å². The molecule has 3 rings (SSSR count). The van der Waals surface area contributed by atoms with Crippen molar-refractivity contribution in [1.82, 2.24) is 0 Å². The molecule has 0 unspecified atom stereocenters. The fourth-order valence-electron chi connectivity index (χ4n) is 4.48. The van der Waals surface area contributed by atoms with Gasteiger partial charge in [-0.3, -0.25) is 4.79 Å². The molecule has 0 aromatic carbocycles. The first kappa shape index (κ1) is 12.2. The maximum atomic E-state index is 12.3. The van der Waals surface area contributed by atoms with Crippen LogP contribution in [0.1, 0.15) is 19.3 Å². The largest absolute Gasteiger partial charge is 0.469 e. The van der Waals surface area contributed by atoms with E-state index in [9.17, 15) is 4.79 Å². The summed E-state index contributed by atoms with van der Waals surface area (Å²) in [5, 5.41) is 0. The Morgan fingerprint density at radius 3 is 2.94 bits per heavy atom. The second-order valence-electron chi connectivity index (χ2n) is 5.80. The third-order valence-electron chi connectivity index (χ3n) is 5.13. The van der Waals surface area contributed by atoms with Gasteiger partial charge >= 0.3 is 5.97 Å². The van der Waals surface area contributed by atoms with Gasteiger partial charge in [0.25, 0.3) is 0 Å². The molecule has 0 N–H and O–H groups in total. The first-order chi connectivity index (χ1) is 8.63. The SMILES string of the molecule is C=C1C[C@@H]2C[C@@H]3[C@@H](OC)OC[C@@H]3[C@]2(C(=O)OC)C1. The van der Waals surface area contributed by atoms with Crippen LogP contribution >= 0.6 is 0 Å². The van der Waals surface area contributed by atoms with Gasteiger partial charge in [0.05, 0.1) is 19.1 Å². The minimum atomic E-state index is -0.399. The van der Waals surface area contributed by atoms with Crippen molar-refractivity contribution in [1.29, 1.82) is 0 Å². The lowest BCUT2D eigenvalue weighted by Crippen LogP contribution is -2.39. The molecule has 2 aliphatic carbocycles. The van der Waals surface area contributed by atoms with E-state index < -0.39 is 5.41 Å². The number of methoxy groups -OCH3 is 2. The molecule has 2 saturated carbocycles. The molecule has 1 aliphatic heterocycles. The maximum Gasteiger partial charge on any atom is 0.312 e. The van der Waals surface area contributed by atoms with Crippen molar-refractivity contribution >= 4 is 5.97 Å². The molecular weight excluding hydrogens is 232 g/mol. The smallest absolute Gasteiger partial charge is 0.312 e. The van der Waals surface area contributed by atoms with Gasteiger partial charge in [-0.05, 0) is 25.2 Å². The van der Waals surface area contributed by atoms with E-state index in [-0.39, 0.29) is 18.2 Å². The molecule has 4 heteroatoms. The predicted molar refractivity (Wildman–Crippen MR) is 64.7 cm³/mol. The summed E-state index contributed by atoms with van der Waals surface area (Å²) in [6, 6.07) is 0. The summed E-state index contributed by atoms with van der Waals surface area (Å²) in [7, 11) is 3.15. The van der Waals surface area contributed by atoms with Crippen molar-refractivity contribution in [3.8, 4) is 0 Å². The first-order valence-corrected chi connectivity index (χ1v) is 6.53. The molecule has 1 saturated heterocycles. The van der Waals surface area contributed by atoms with Gasteiger partial charge in [-0.25, -0.2) is 0 Å². The molecule has 3 aliphatic rings. The summed E-state index contributed by atoms with van der Waals surface area (Å²) >= 11 is 0. The van der Waals surface area contributed by atoms with Crippen LogP contribution in [0.4, 0.5) is 0 Å². The molecule has 4 nitrogen and oxygen atoms in total. The van der Waals surface area contributed by atoms with Crippen molar-refractivity contribution < 1.29 is 19.0 Å². The van der Waals surface area contributed by atoms with Gasteiger partial charge in [-0.1, -0.05) is 12.2 Å². The van der Waals surface area contributed by atoms with Gasteiger partial charge in [0.2, 0.25) is 0 Å². The molecule has 0 aromatic rings. The lowest BCUT2D eigenvalue weighted by Gasteiger charge is -2.31. The average Bonchev–Trinajstić information content (AvgIpc) is 2.96. The van der Waals surface area contributed by atoms with Crippen molar-refractivity contribution in [3.63, 3.8) is 0 Å². The van der Waals surface area contributed by atoms with Gasteiger partial charge in [-0.15, -0.1) is 0 Å². The average molecular weight is 252 g/mol. The van der Waals surface area contributed by atoms with Crippen LogP contribution in [0.5, 0.6) is 0 Å². The predicted octanol–water partition coefficient (Wildman–Crippen LogP) is 1.75. The van der Waals surface area contributed by atoms with E-state index in [0.717, 1.165) is 19.3 Å². The molecular formula is C14H20O4. The Labute approximate surface area is 107 Å². The lowest BCUT2D eigenvalue weighted by molar-refractivity contribution is -0.157. The number of carbonyl (C=O) groups excluding carboxylic acids is 1. The van der Waals surface area contributed by atoms with Gasteiger partial charge in [0.1, 0.15) is 0 Å². The molecule has 0 bridgehead atoms. The minimum absolute atomic E-state index is 0.0843. The summed E-state index contributed by atoms with van der Waals surface area (Å²) in [5.74, 6) is 0.819. The molecule has 18 heavy (non-hydrogen) atoms. The highest BCUT2D eigenvalue weighted by atomic mass is 16.7. The summed E-state index contributed by atoms with van der Waals surface area (Å²) in [6.45, 7) is 4.67. The normalized spacial score (nSPS) is 46.0. The molecule has 0 spiro atoms. The Balaban J connectivity index is 1.96. The van der Waals surface area contributed by atoms with Crippen LogP contribution in [0.2, 0.25) is 0 Å². The van der Waals surface area contributed by atoms with Crippen molar-refractivity contribution in [3.05, 3.63) is 12.2 Å². The van der Waals surface area contributed by atoms with Gasteiger partial charge in [-0.2, -0.15) is 0 Å². The second-order valence-corrected chi connectivity index (χ2v) is 5.80. The number of rotatable bonds is 2. The highest BCUT2D eigenvalue weighted by molar-refractivity contribution is 5.79. The second kappa shape index (κ2) is 4.07. The van der Waals surface area contributed by atoms with Crippen LogP contribution in [-0.2, 0) is 19.0 Å². The third kappa shape index (κ3) is 1.36.